The van der Waals surface area contributed by atoms with Crippen molar-refractivity contribution in [2.24, 2.45) is 0 Å². The van der Waals surface area contributed by atoms with E-state index < -0.39 is 34.1 Å². The van der Waals surface area contributed by atoms with Gasteiger partial charge in [-0.05, 0) is 76.9 Å². The minimum Gasteiger partial charge on any atom is -0.350 e. The molecule has 7 nitrogen and oxygen atoms in total. The molecule has 10 heteroatoms. The molecule has 0 aliphatic heterocycles. The van der Waals surface area contributed by atoms with E-state index >= 15 is 0 Å². The lowest BCUT2D eigenvalue weighted by Gasteiger charge is -2.35. The number of benzene rings is 3. The number of aryl methyl sites for hydroxylation is 2. The topological polar surface area (TPSA) is 86.8 Å². The average molecular weight is 619 g/mol. The van der Waals surface area contributed by atoms with Gasteiger partial charge in [0.05, 0.1) is 10.6 Å². The third-order valence-electron chi connectivity index (χ3n) is 6.51. The van der Waals surface area contributed by atoms with Gasteiger partial charge in [-0.3, -0.25) is 13.9 Å². The van der Waals surface area contributed by atoms with Gasteiger partial charge in [0.25, 0.3) is 10.0 Å². The van der Waals surface area contributed by atoms with E-state index in [0.29, 0.717) is 26.9 Å². The fourth-order valence-corrected chi connectivity index (χ4v) is 6.56. The Labute approximate surface area is 253 Å². The largest absolute Gasteiger partial charge is 0.350 e. The van der Waals surface area contributed by atoms with Crippen molar-refractivity contribution in [1.29, 1.82) is 0 Å². The molecule has 3 aromatic rings. The van der Waals surface area contributed by atoms with Crippen LogP contribution in [0.5, 0.6) is 0 Å². The van der Waals surface area contributed by atoms with Crippen molar-refractivity contribution in [3.8, 4) is 0 Å². The molecule has 0 aliphatic rings. The minimum atomic E-state index is -4.16. The van der Waals surface area contributed by atoms with E-state index in [0.717, 1.165) is 9.87 Å². The number of hydrogen-bond donors (Lipinski definition) is 1. The van der Waals surface area contributed by atoms with E-state index in [2.05, 4.69) is 5.32 Å². The number of amides is 2. The summed E-state index contributed by atoms with van der Waals surface area (Å²) in [5.74, 6) is -0.933. The number of hydrogen-bond acceptors (Lipinski definition) is 4. The summed E-state index contributed by atoms with van der Waals surface area (Å²) in [6.45, 7) is 10.4. The number of halogens is 2. The van der Waals surface area contributed by atoms with Gasteiger partial charge in [0.1, 0.15) is 12.6 Å². The summed E-state index contributed by atoms with van der Waals surface area (Å²) < 4.78 is 29.1. The van der Waals surface area contributed by atoms with Crippen molar-refractivity contribution in [2.75, 3.05) is 10.8 Å². The molecule has 2 amide bonds. The molecule has 0 fully saturated rings. The highest BCUT2D eigenvalue weighted by Gasteiger charge is 2.35. The van der Waals surface area contributed by atoms with Crippen LogP contribution in [0.4, 0.5) is 5.69 Å². The fourth-order valence-electron chi connectivity index (χ4n) is 4.54. The summed E-state index contributed by atoms with van der Waals surface area (Å²) in [4.78, 5) is 29.1. The van der Waals surface area contributed by atoms with E-state index in [1.165, 1.54) is 17.0 Å². The molecule has 0 unspecified atom stereocenters. The van der Waals surface area contributed by atoms with Gasteiger partial charge >= 0.3 is 0 Å². The number of sulfonamides is 1. The summed E-state index contributed by atoms with van der Waals surface area (Å²) in [7, 11) is -4.16. The quantitative estimate of drug-likeness (QED) is 0.280. The summed E-state index contributed by atoms with van der Waals surface area (Å²) in [6.07, 6.45) is 0.282. The van der Waals surface area contributed by atoms with Crippen LogP contribution < -0.4 is 9.62 Å². The average Bonchev–Trinajstić information content (AvgIpc) is 2.88. The maximum Gasteiger partial charge on any atom is 0.264 e. The minimum absolute atomic E-state index is 0.0472. The van der Waals surface area contributed by atoms with E-state index in [9.17, 15) is 18.0 Å². The van der Waals surface area contributed by atoms with E-state index in [1.54, 1.807) is 62.4 Å². The van der Waals surface area contributed by atoms with Crippen molar-refractivity contribution in [1.82, 2.24) is 10.2 Å². The Hall–Kier alpha value is -3.07. The number of carbonyl (C=O) groups excluding carboxylic acids is 2. The lowest BCUT2D eigenvalue weighted by Crippen LogP contribution is -2.55. The maximum absolute atomic E-state index is 14.2. The van der Waals surface area contributed by atoms with Crippen molar-refractivity contribution >= 4 is 50.7 Å². The van der Waals surface area contributed by atoms with Gasteiger partial charge in [-0.1, -0.05) is 72.1 Å². The first-order chi connectivity index (χ1) is 19.2. The van der Waals surface area contributed by atoms with Gasteiger partial charge in [-0.15, -0.1) is 0 Å². The van der Waals surface area contributed by atoms with E-state index in [1.807, 2.05) is 33.8 Å². The van der Waals surface area contributed by atoms with Gasteiger partial charge < -0.3 is 10.2 Å². The van der Waals surface area contributed by atoms with Gasteiger partial charge in [-0.2, -0.15) is 0 Å². The fraction of sp³-hybridized carbons (Fsp3) is 0.355. The lowest BCUT2D eigenvalue weighted by atomic mass is 10.1. The molecule has 0 heterocycles. The Morgan fingerprint density at radius 3 is 2.07 bits per heavy atom. The second-order valence-corrected chi connectivity index (χ2v) is 13.7. The van der Waals surface area contributed by atoms with E-state index in [4.69, 9.17) is 23.2 Å². The van der Waals surface area contributed by atoms with Gasteiger partial charge in [-0.25, -0.2) is 8.42 Å². The number of nitrogens with one attached hydrogen (secondary N) is 1. The molecule has 3 aromatic carbocycles. The van der Waals surface area contributed by atoms with Gasteiger partial charge in [0.15, 0.2) is 0 Å². The first kappa shape index (κ1) is 32.4. The maximum atomic E-state index is 14.2. The first-order valence-corrected chi connectivity index (χ1v) is 15.5. The predicted molar refractivity (Wildman–Crippen MR) is 166 cm³/mol. The molecule has 220 valence electrons. The molecular weight excluding hydrogens is 581 g/mol. The standard InChI is InChI=1S/C31H37Cl2N3O4S/c1-7-27(30(38)34-31(4,5)6)35(19-24-25(32)14-11-15-26(24)33)29(37)20-36(28-17-16-21(2)18-22(28)3)41(39,40)23-12-9-8-10-13-23/h8-18,27H,7,19-20H2,1-6H3,(H,34,38)/t27-/m1/s1. The zero-order chi connectivity index (χ0) is 30.5. The second kappa shape index (κ2) is 13.3. The first-order valence-electron chi connectivity index (χ1n) is 13.3. The molecule has 41 heavy (non-hydrogen) atoms. The molecule has 0 aromatic heterocycles. The molecule has 0 saturated carbocycles. The number of nitrogens with zero attached hydrogens (tertiary/aromatic N) is 2. The zero-order valence-corrected chi connectivity index (χ0v) is 26.6. The summed E-state index contributed by atoms with van der Waals surface area (Å²) in [6, 6.07) is 17.4. The van der Waals surface area contributed by atoms with E-state index in [-0.39, 0.29) is 23.8 Å². The number of carbonyl (C=O) groups is 2. The molecule has 0 radical (unpaired) electrons. The molecule has 0 spiro atoms. The van der Waals surface area contributed by atoms with Crippen molar-refractivity contribution in [3.63, 3.8) is 0 Å². The van der Waals surface area contributed by atoms with Crippen LogP contribution in [0.15, 0.2) is 71.6 Å². The molecule has 0 bridgehead atoms. The molecule has 3 rings (SSSR count). The predicted octanol–water partition coefficient (Wildman–Crippen LogP) is 6.53. The van der Waals surface area contributed by atoms with Gasteiger partial charge in [0, 0.05) is 27.7 Å². The zero-order valence-electron chi connectivity index (χ0n) is 24.2. The molecular formula is C31H37Cl2N3O4S. The van der Waals surface area contributed by atoms with Crippen molar-refractivity contribution < 1.29 is 18.0 Å². The van der Waals surface area contributed by atoms with Crippen LogP contribution in [-0.4, -0.2) is 43.3 Å². The summed E-state index contributed by atoms with van der Waals surface area (Å²) in [5, 5.41) is 3.62. The summed E-state index contributed by atoms with van der Waals surface area (Å²) in [5.41, 5.74) is 1.93. The Morgan fingerprint density at radius 1 is 0.927 bits per heavy atom. The smallest absolute Gasteiger partial charge is 0.264 e. The third-order valence-corrected chi connectivity index (χ3v) is 8.99. The highest BCUT2D eigenvalue weighted by Crippen LogP contribution is 2.30. The molecule has 1 atom stereocenters. The summed E-state index contributed by atoms with van der Waals surface area (Å²) >= 11 is 12.9. The Morgan fingerprint density at radius 2 is 1.54 bits per heavy atom. The van der Waals surface area contributed by atoms with Crippen molar-refractivity contribution in [3.05, 3.63) is 93.5 Å². The molecule has 1 N–H and O–H groups in total. The van der Waals surface area contributed by atoms with Crippen LogP contribution in [0.3, 0.4) is 0 Å². The van der Waals surface area contributed by atoms with Gasteiger partial charge in [0.2, 0.25) is 11.8 Å². The van der Waals surface area contributed by atoms with Crippen LogP contribution in [0.2, 0.25) is 10.0 Å². The SMILES string of the molecule is CC[C@H](C(=O)NC(C)(C)C)N(Cc1c(Cl)cccc1Cl)C(=O)CN(c1ccc(C)cc1C)S(=O)(=O)c1ccccc1. The van der Waals surface area contributed by atoms with Crippen LogP contribution in [0, 0.1) is 13.8 Å². The van der Waals surface area contributed by atoms with Crippen molar-refractivity contribution in [2.45, 2.75) is 71.0 Å². The third kappa shape index (κ3) is 8.03. The number of rotatable bonds is 10. The number of anilines is 1. The molecule has 0 aliphatic carbocycles. The highest BCUT2D eigenvalue weighted by atomic mass is 35.5. The lowest BCUT2D eigenvalue weighted by molar-refractivity contribution is -0.141. The monoisotopic (exact) mass is 617 g/mol. The van der Waals surface area contributed by atoms with Crippen LogP contribution in [0.1, 0.15) is 50.8 Å². The Balaban J connectivity index is 2.14. The normalized spacial score (nSPS) is 12.5. The van der Waals surface area contributed by atoms with Crippen LogP contribution in [0.25, 0.3) is 0 Å². The molecule has 0 saturated heterocycles. The second-order valence-electron chi connectivity index (χ2n) is 11.0. The Kier molecular flexibility index (Phi) is 10.5. The van der Waals surface area contributed by atoms with Crippen LogP contribution in [-0.2, 0) is 26.2 Å². The van der Waals surface area contributed by atoms with Crippen LogP contribution >= 0.6 is 23.2 Å². The highest BCUT2D eigenvalue weighted by molar-refractivity contribution is 7.92. The Bertz CT molecular complexity index is 1490.